The van der Waals surface area contributed by atoms with Crippen LogP contribution in [0.5, 0.6) is 5.75 Å². The molecule has 0 aliphatic carbocycles. The average molecular weight is 385 g/mol. The molecule has 1 aliphatic rings. The van der Waals surface area contributed by atoms with E-state index >= 15 is 0 Å². The maximum atomic E-state index is 13.4. The van der Waals surface area contributed by atoms with Crippen molar-refractivity contribution in [3.63, 3.8) is 0 Å². The van der Waals surface area contributed by atoms with Crippen LogP contribution in [0, 0.1) is 5.82 Å². The number of halogens is 3. The number of carbonyl (C=O) groups excluding carboxylic acids is 1. The van der Waals surface area contributed by atoms with Gasteiger partial charge in [-0.15, -0.1) is 0 Å². The second-order valence-corrected chi connectivity index (χ2v) is 7.28. The van der Waals surface area contributed by atoms with Crippen molar-refractivity contribution in [2.24, 2.45) is 0 Å². The Balaban J connectivity index is 2.41. The van der Waals surface area contributed by atoms with E-state index in [0.29, 0.717) is 5.47 Å². The first-order valence-electron chi connectivity index (χ1n) is 8.46. The molecule has 1 amide bonds. The van der Waals surface area contributed by atoms with E-state index in [-0.39, 0.29) is 23.8 Å². The molecule has 1 saturated heterocycles. The van der Waals surface area contributed by atoms with Crippen molar-refractivity contribution in [1.82, 2.24) is 5.32 Å². The van der Waals surface area contributed by atoms with E-state index in [1.807, 2.05) is 27.7 Å². The largest absolute Gasteiger partial charge is 0.492 e. The summed E-state index contributed by atoms with van der Waals surface area (Å²) >= 11 is 0. The fourth-order valence-electron chi connectivity index (χ4n) is 2.45. The monoisotopic (exact) mass is 385 g/mol. The Bertz CT molecular complexity index is 721. The van der Waals surface area contributed by atoms with Gasteiger partial charge in [0.1, 0.15) is 11.6 Å². The first-order chi connectivity index (χ1) is 12.4. The molecule has 1 aliphatic heterocycles. The van der Waals surface area contributed by atoms with Gasteiger partial charge in [-0.25, -0.2) is 4.39 Å². The van der Waals surface area contributed by atoms with E-state index in [4.69, 9.17) is 9.31 Å². The zero-order valence-corrected chi connectivity index (χ0v) is 15.9. The van der Waals surface area contributed by atoms with E-state index in [2.05, 4.69) is 10.1 Å². The van der Waals surface area contributed by atoms with Crippen molar-refractivity contribution in [3.8, 4) is 5.75 Å². The molecule has 27 heavy (non-hydrogen) atoms. The topological polar surface area (TPSA) is 56.8 Å². The average Bonchev–Trinajstić information content (AvgIpc) is 2.72. The van der Waals surface area contributed by atoms with Crippen LogP contribution in [-0.4, -0.2) is 37.4 Å². The molecule has 1 aromatic rings. The van der Waals surface area contributed by atoms with E-state index in [0.717, 1.165) is 12.1 Å². The summed E-state index contributed by atoms with van der Waals surface area (Å²) in [4.78, 5) is 11.3. The van der Waals surface area contributed by atoms with Crippen molar-refractivity contribution in [3.05, 3.63) is 35.1 Å². The molecule has 0 atom stereocenters. The van der Waals surface area contributed by atoms with Crippen LogP contribution in [0.4, 0.5) is 13.2 Å². The van der Waals surface area contributed by atoms with Crippen molar-refractivity contribution in [2.75, 3.05) is 6.54 Å². The quantitative estimate of drug-likeness (QED) is 0.761. The number of carbonyl (C=O) groups is 1. The molecule has 2 rings (SSSR count). The van der Waals surface area contributed by atoms with Crippen LogP contribution in [0.25, 0.3) is 6.08 Å². The zero-order chi connectivity index (χ0) is 20.4. The van der Waals surface area contributed by atoms with Crippen LogP contribution in [0.3, 0.4) is 0 Å². The summed E-state index contributed by atoms with van der Waals surface area (Å²) in [6, 6.07) is 3.31. The number of hydrogen-bond acceptors (Lipinski definition) is 4. The molecule has 1 aromatic carbocycles. The van der Waals surface area contributed by atoms with Crippen LogP contribution in [0.2, 0.25) is 0 Å². The van der Waals surface area contributed by atoms with Crippen LogP contribution in [0.15, 0.2) is 23.7 Å². The van der Waals surface area contributed by atoms with Crippen molar-refractivity contribution >= 4 is 19.1 Å². The number of benzene rings is 1. The van der Waals surface area contributed by atoms with Crippen LogP contribution in [-0.2, 0) is 14.1 Å². The third kappa shape index (κ3) is 5.26. The van der Waals surface area contributed by atoms with E-state index in [1.165, 1.54) is 19.1 Å². The normalized spacial score (nSPS) is 18.7. The van der Waals surface area contributed by atoms with E-state index < -0.39 is 30.7 Å². The number of hydrogen-bond donors (Lipinski definition) is 1. The maximum absolute atomic E-state index is 13.4. The lowest BCUT2D eigenvalue weighted by Gasteiger charge is -2.32. The lowest BCUT2D eigenvalue weighted by Crippen LogP contribution is -2.41. The van der Waals surface area contributed by atoms with Gasteiger partial charge >= 0.3 is 13.7 Å². The van der Waals surface area contributed by atoms with Crippen molar-refractivity contribution < 1.29 is 32.0 Å². The third-order valence-corrected chi connectivity index (χ3v) is 4.63. The fraction of sp³-hybridized carbons (Fsp3) is 0.500. The molecule has 1 heterocycles. The Kier molecular flexibility index (Phi) is 6.26. The summed E-state index contributed by atoms with van der Waals surface area (Å²) < 4.78 is 55.1. The zero-order valence-electron chi connectivity index (χ0n) is 15.9. The first-order valence-corrected chi connectivity index (χ1v) is 8.46. The van der Waals surface area contributed by atoms with Gasteiger partial charge in [0.05, 0.1) is 11.2 Å². The van der Waals surface area contributed by atoms with E-state index in [9.17, 15) is 18.0 Å². The molecule has 0 saturated carbocycles. The summed E-state index contributed by atoms with van der Waals surface area (Å²) in [7, 11) is -0.814. The smallest absolute Gasteiger partial charge is 0.434 e. The minimum Gasteiger partial charge on any atom is -0.434 e. The Hall–Kier alpha value is -2.00. The van der Waals surface area contributed by atoms with Gasteiger partial charge < -0.3 is 19.4 Å². The lowest BCUT2D eigenvalue weighted by molar-refractivity contribution is -0.118. The number of alkyl halides is 2. The van der Waals surface area contributed by atoms with Gasteiger partial charge in [-0.05, 0) is 45.3 Å². The lowest BCUT2D eigenvalue weighted by atomic mass is 9.77. The third-order valence-electron chi connectivity index (χ3n) is 4.63. The van der Waals surface area contributed by atoms with E-state index in [1.54, 1.807) is 0 Å². The minimum atomic E-state index is -3.10. The van der Waals surface area contributed by atoms with Gasteiger partial charge in [0.15, 0.2) is 0 Å². The molecule has 0 spiro atoms. The Morgan fingerprint density at radius 3 is 2.37 bits per heavy atom. The number of nitrogens with one attached hydrogen (secondary N) is 1. The fourth-order valence-corrected chi connectivity index (χ4v) is 2.45. The highest BCUT2D eigenvalue weighted by Gasteiger charge is 2.52. The molecular weight excluding hydrogens is 362 g/mol. The second kappa shape index (κ2) is 7.94. The SMILES string of the molecule is CC(=O)NCC(=Cc1ccc(F)cc1OC(F)F)B1OC(C)(C)C(C)(C)O1. The minimum absolute atomic E-state index is 0.0671. The molecule has 9 heteroatoms. The molecule has 5 nitrogen and oxygen atoms in total. The molecule has 0 bridgehead atoms. The molecule has 0 aromatic heterocycles. The van der Waals surface area contributed by atoms with Crippen molar-refractivity contribution in [1.29, 1.82) is 0 Å². The number of amides is 1. The standard InChI is InChI=1S/C18H23BF3NO4/c1-11(24)23-10-13(19-26-17(2,3)18(4,5)27-19)8-12-6-7-14(20)9-15(12)25-16(21)22/h6-9,16H,10H2,1-5H3,(H,23,24). The van der Waals surface area contributed by atoms with Gasteiger partial charge in [-0.1, -0.05) is 6.08 Å². The van der Waals surface area contributed by atoms with Gasteiger partial charge in [0.25, 0.3) is 0 Å². The predicted octanol–water partition coefficient (Wildman–Crippen LogP) is 3.58. The molecule has 0 unspecified atom stereocenters. The van der Waals surface area contributed by atoms with Crippen molar-refractivity contribution in [2.45, 2.75) is 52.4 Å². The Morgan fingerprint density at radius 2 is 1.85 bits per heavy atom. The summed E-state index contributed by atoms with van der Waals surface area (Å²) in [5.74, 6) is -1.30. The summed E-state index contributed by atoms with van der Waals surface area (Å²) in [6.45, 7) is 5.79. The van der Waals surface area contributed by atoms with Gasteiger partial charge in [0.2, 0.25) is 5.91 Å². The molecule has 1 N–H and O–H groups in total. The van der Waals surface area contributed by atoms with Gasteiger partial charge in [-0.2, -0.15) is 8.78 Å². The summed E-state index contributed by atoms with van der Waals surface area (Å²) in [6.07, 6.45) is 1.50. The molecular formula is C18H23BF3NO4. The highest BCUT2D eigenvalue weighted by molar-refractivity contribution is 6.56. The molecule has 1 fully saturated rings. The highest BCUT2D eigenvalue weighted by atomic mass is 19.3. The second-order valence-electron chi connectivity index (χ2n) is 7.28. The summed E-state index contributed by atoms with van der Waals surface area (Å²) in [5.41, 5.74) is -0.558. The molecule has 148 valence electrons. The molecule has 0 radical (unpaired) electrons. The first kappa shape index (κ1) is 21.3. The number of rotatable bonds is 6. The summed E-state index contributed by atoms with van der Waals surface area (Å²) in [5, 5.41) is 2.64. The van der Waals surface area contributed by atoms with Crippen LogP contribution < -0.4 is 10.1 Å². The predicted molar refractivity (Wildman–Crippen MR) is 95.8 cm³/mol. The van der Waals surface area contributed by atoms with Gasteiger partial charge in [0, 0.05) is 25.1 Å². The van der Waals surface area contributed by atoms with Crippen LogP contribution in [0.1, 0.15) is 40.2 Å². The van der Waals surface area contributed by atoms with Crippen LogP contribution >= 0.6 is 0 Å². The Morgan fingerprint density at radius 1 is 1.26 bits per heavy atom. The van der Waals surface area contributed by atoms with Gasteiger partial charge in [-0.3, -0.25) is 4.79 Å². The highest BCUT2D eigenvalue weighted by Crippen LogP contribution is 2.39. The Labute approximate surface area is 157 Å². The number of ether oxygens (including phenoxy) is 1. The maximum Gasteiger partial charge on any atom is 0.492 e.